The lowest BCUT2D eigenvalue weighted by atomic mass is 9.52. The van der Waals surface area contributed by atoms with Crippen molar-refractivity contribution in [2.75, 3.05) is 0 Å². The van der Waals surface area contributed by atoms with Gasteiger partial charge in [-0.1, -0.05) is 32.6 Å². The number of carbonyl (C=O) groups excluding carboxylic acids is 1. The molecule has 3 atom stereocenters. The highest BCUT2D eigenvalue weighted by Crippen LogP contribution is 2.56. The van der Waals surface area contributed by atoms with Gasteiger partial charge in [-0.2, -0.15) is 0 Å². The van der Waals surface area contributed by atoms with E-state index in [4.69, 9.17) is 4.74 Å². The van der Waals surface area contributed by atoms with Gasteiger partial charge in [-0.25, -0.2) is 0 Å². The molecular weight excluding hydrogens is 236 g/mol. The third-order valence-corrected chi connectivity index (χ3v) is 5.03. The van der Waals surface area contributed by atoms with E-state index in [2.05, 4.69) is 27.0 Å². The van der Waals surface area contributed by atoms with Gasteiger partial charge in [0.1, 0.15) is 6.10 Å². The topological polar surface area (TPSA) is 26.3 Å². The molecule has 0 unspecified atom stereocenters. The highest BCUT2D eigenvalue weighted by molar-refractivity contribution is 5.66. The fourth-order valence-corrected chi connectivity index (χ4v) is 3.82. The first-order chi connectivity index (χ1) is 8.81. The van der Waals surface area contributed by atoms with E-state index in [1.807, 2.05) is 0 Å². The third kappa shape index (κ3) is 2.93. The molecule has 19 heavy (non-hydrogen) atoms. The molecule has 0 radical (unpaired) electrons. The van der Waals surface area contributed by atoms with Gasteiger partial charge >= 0.3 is 5.97 Å². The monoisotopic (exact) mass is 262 g/mol. The second kappa shape index (κ2) is 5.15. The van der Waals surface area contributed by atoms with Crippen molar-refractivity contribution in [2.45, 2.75) is 59.0 Å². The van der Waals surface area contributed by atoms with Gasteiger partial charge < -0.3 is 4.74 Å². The molecule has 0 aromatic rings. The smallest absolute Gasteiger partial charge is 0.303 e. The van der Waals surface area contributed by atoms with Crippen LogP contribution in [0.4, 0.5) is 0 Å². The van der Waals surface area contributed by atoms with Crippen LogP contribution in [0, 0.1) is 17.3 Å². The van der Waals surface area contributed by atoms with Crippen LogP contribution in [-0.4, -0.2) is 12.1 Å². The van der Waals surface area contributed by atoms with Gasteiger partial charge in [0.05, 0.1) is 0 Å². The van der Waals surface area contributed by atoms with E-state index in [1.54, 1.807) is 0 Å². The first-order valence-electron chi connectivity index (χ1n) is 7.34. The SMILES string of the molecule is C=C1CC[C@@H](OC(C)=O)C(=C)CC[C@@H]2[C@@H]1CC2(C)C. The first-order valence-corrected chi connectivity index (χ1v) is 7.34. The van der Waals surface area contributed by atoms with Crippen LogP contribution in [0.1, 0.15) is 52.9 Å². The zero-order valence-corrected chi connectivity index (χ0v) is 12.5. The Kier molecular flexibility index (Phi) is 3.89. The van der Waals surface area contributed by atoms with Crippen LogP contribution >= 0.6 is 0 Å². The van der Waals surface area contributed by atoms with E-state index in [0.29, 0.717) is 17.3 Å². The van der Waals surface area contributed by atoms with Gasteiger partial charge in [0, 0.05) is 6.92 Å². The lowest BCUT2D eigenvalue weighted by Crippen LogP contribution is -2.44. The van der Waals surface area contributed by atoms with Crippen LogP contribution in [0.3, 0.4) is 0 Å². The summed E-state index contributed by atoms with van der Waals surface area (Å²) in [5.41, 5.74) is 2.84. The third-order valence-electron chi connectivity index (χ3n) is 5.03. The number of allylic oxidation sites excluding steroid dienone is 1. The predicted octanol–water partition coefficient (Wildman–Crippen LogP) is 4.27. The number of fused-ring (bicyclic) bond motifs is 1. The summed E-state index contributed by atoms with van der Waals surface area (Å²) in [6.45, 7) is 14.6. The van der Waals surface area contributed by atoms with Crippen molar-refractivity contribution in [1.82, 2.24) is 0 Å². The van der Waals surface area contributed by atoms with E-state index < -0.39 is 0 Å². The summed E-state index contributed by atoms with van der Waals surface area (Å²) in [6, 6.07) is 0. The summed E-state index contributed by atoms with van der Waals surface area (Å²) in [5, 5.41) is 0. The Hall–Kier alpha value is -1.05. The molecule has 0 spiro atoms. The van der Waals surface area contributed by atoms with Crippen molar-refractivity contribution in [3.63, 3.8) is 0 Å². The Morgan fingerprint density at radius 2 is 1.84 bits per heavy atom. The molecule has 0 aromatic carbocycles. The Labute approximate surface area is 116 Å². The molecule has 2 aliphatic rings. The standard InChI is InChI=1S/C17H26O2/c1-11-7-9-16(19-13(3)18)12(2)6-8-15-14(11)10-17(15,4)5/h14-16H,1-2,6-10H2,3-5H3/t14-,15-,16-/m1/s1. The maximum atomic E-state index is 11.2. The van der Waals surface area contributed by atoms with Crippen LogP contribution < -0.4 is 0 Å². The molecule has 0 aromatic heterocycles. The van der Waals surface area contributed by atoms with Crippen LogP contribution in [-0.2, 0) is 9.53 Å². The number of hydrogen-bond donors (Lipinski definition) is 0. The molecule has 0 saturated heterocycles. The molecule has 2 nitrogen and oxygen atoms in total. The quantitative estimate of drug-likeness (QED) is 0.521. The van der Waals surface area contributed by atoms with Gasteiger partial charge in [-0.15, -0.1) is 0 Å². The molecule has 2 saturated carbocycles. The van der Waals surface area contributed by atoms with Gasteiger partial charge in [-0.3, -0.25) is 4.79 Å². The Bertz CT molecular complexity index is 405. The molecule has 0 amide bonds. The predicted molar refractivity (Wildman–Crippen MR) is 77.7 cm³/mol. The molecule has 0 bridgehead atoms. The van der Waals surface area contributed by atoms with Gasteiger partial charge in [-0.05, 0) is 54.9 Å². The summed E-state index contributed by atoms with van der Waals surface area (Å²) in [7, 11) is 0. The van der Waals surface area contributed by atoms with Gasteiger partial charge in [0.2, 0.25) is 0 Å². The zero-order chi connectivity index (χ0) is 14.2. The van der Waals surface area contributed by atoms with Crippen LogP contribution in [0.25, 0.3) is 0 Å². The molecule has 2 rings (SSSR count). The van der Waals surface area contributed by atoms with Crippen molar-refractivity contribution in [1.29, 1.82) is 0 Å². The largest absolute Gasteiger partial charge is 0.458 e. The van der Waals surface area contributed by atoms with Crippen molar-refractivity contribution >= 4 is 5.97 Å². The minimum absolute atomic E-state index is 0.116. The molecular formula is C17H26O2. The number of hydrogen-bond acceptors (Lipinski definition) is 2. The fourth-order valence-electron chi connectivity index (χ4n) is 3.82. The summed E-state index contributed by atoms with van der Waals surface area (Å²) in [5.74, 6) is 1.17. The van der Waals surface area contributed by atoms with E-state index in [1.165, 1.54) is 18.9 Å². The lowest BCUT2D eigenvalue weighted by molar-refractivity contribution is -0.144. The Balaban J connectivity index is 2.09. The summed E-state index contributed by atoms with van der Waals surface area (Å²) in [6.07, 6.45) is 5.05. The first kappa shape index (κ1) is 14.4. The second-order valence-corrected chi connectivity index (χ2v) is 6.90. The Morgan fingerprint density at radius 1 is 1.21 bits per heavy atom. The second-order valence-electron chi connectivity index (χ2n) is 6.90. The normalized spacial score (nSPS) is 34.4. The summed E-state index contributed by atoms with van der Waals surface area (Å²) in [4.78, 5) is 11.2. The summed E-state index contributed by atoms with van der Waals surface area (Å²) < 4.78 is 5.41. The number of ether oxygens (including phenoxy) is 1. The van der Waals surface area contributed by atoms with Crippen molar-refractivity contribution < 1.29 is 9.53 Å². The maximum Gasteiger partial charge on any atom is 0.303 e. The lowest BCUT2D eigenvalue weighted by Gasteiger charge is -2.53. The van der Waals surface area contributed by atoms with E-state index in [0.717, 1.165) is 31.3 Å². The molecule has 0 N–H and O–H groups in total. The highest BCUT2D eigenvalue weighted by atomic mass is 16.5. The molecule has 0 aliphatic heterocycles. The highest BCUT2D eigenvalue weighted by Gasteiger charge is 2.47. The van der Waals surface area contributed by atoms with E-state index >= 15 is 0 Å². The van der Waals surface area contributed by atoms with Crippen LogP contribution in [0.5, 0.6) is 0 Å². The zero-order valence-electron chi connectivity index (χ0n) is 12.5. The molecule has 0 heterocycles. The van der Waals surface area contributed by atoms with Gasteiger partial charge in [0.25, 0.3) is 0 Å². The molecule has 106 valence electrons. The number of rotatable bonds is 1. The Morgan fingerprint density at radius 3 is 2.42 bits per heavy atom. The molecule has 2 heteroatoms. The fraction of sp³-hybridized carbons (Fsp3) is 0.706. The van der Waals surface area contributed by atoms with Gasteiger partial charge in [0.15, 0.2) is 0 Å². The minimum atomic E-state index is -0.209. The summed E-state index contributed by atoms with van der Waals surface area (Å²) >= 11 is 0. The average molecular weight is 262 g/mol. The van der Waals surface area contributed by atoms with Crippen molar-refractivity contribution in [3.8, 4) is 0 Å². The maximum absolute atomic E-state index is 11.2. The number of carbonyl (C=O) groups is 1. The van der Waals surface area contributed by atoms with E-state index in [9.17, 15) is 4.79 Å². The molecule has 2 fully saturated rings. The van der Waals surface area contributed by atoms with Crippen molar-refractivity contribution in [3.05, 3.63) is 24.3 Å². The van der Waals surface area contributed by atoms with Crippen molar-refractivity contribution in [2.24, 2.45) is 17.3 Å². The molecule has 2 aliphatic carbocycles. The van der Waals surface area contributed by atoms with E-state index in [-0.39, 0.29) is 12.1 Å². The minimum Gasteiger partial charge on any atom is -0.458 e. The van der Waals surface area contributed by atoms with Crippen LogP contribution in [0.2, 0.25) is 0 Å². The number of esters is 1. The van der Waals surface area contributed by atoms with Crippen LogP contribution in [0.15, 0.2) is 24.3 Å². The average Bonchev–Trinajstić information content (AvgIpc) is 2.33.